The third-order valence-corrected chi connectivity index (χ3v) is 8.43. The van der Waals surface area contributed by atoms with Gasteiger partial charge in [-0.05, 0) is 77.6 Å². The predicted octanol–water partition coefficient (Wildman–Crippen LogP) is 3.79. The molecule has 4 atom stereocenters. The number of nitrogens with two attached hydrogens (primary N) is 1. The van der Waals surface area contributed by atoms with E-state index in [4.69, 9.17) is 5.73 Å². The summed E-state index contributed by atoms with van der Waals surface area (Å²) in [6.45, 7) is 12.1. The highest BCUT2D eigenvalue weighted by Gasteiger charge is 2.39. The zero-order valence-electron chi connectivity index (χ0n) is 22.7. The van der Waals surface area contributed by atoms with Crippen LogP contribution in [0.1, 0.15) is 61.2 Å². The summed E-state index contributed by atoms with van der Waals surface area (Å²) in [5, 5.41) is 16.4. The number of phenolic OH excluding ortho intramolecular Hbond substituents is 1. The zero-order valence-corrected chi connectivity index (χ0v) is 24.3. The van der Waals surface area contributed by atoms with Crippen molar-refractivity contribution in [1.82, 2.24) is 15.5 Å². The van der Waals surface area contributed by atoms with E-state index in [1.54, 1.807) is 18.2 Å². The number of hydrogen-bond donors (Lipinski definition) is 4. The maximum atomic E-state index is 13.2. The molecule has 2 aliphatic rings. The minimum Gasteiger partial charge on any atom is -0.508 e. The predicted molar refractivity (Wildman–Crippen MR) is 156 cm³/mol. The molecule has 0 bridgehead atoms. The van der Waals surface area contributed by atoms with E-state index in [9.17, 15) is 14.7 Å². The number of benzene rings is 2. The molecule has 0 aromatic heterocycles. The van der Waals surface area contributed by atoms with Crippen LogP contribution in [0.2, 0.25) is 0 Å². The van der Waals surface area contributed by atoms with Gasteiger partial charge in [-0.3, -0.25) is 9.59 Å². The lowest BCUT2D eigenvalue weighted by Gasteiger charge is -2.46. The number of fused-ring (bicyclic) bond motifs is 1. The van der Waals surface area contributed by atoms with E-state index < -0.39 is 5.91 Å². The molecule has 2 aliphatic heterocycles. The molecule has 2 amide bonds. The summed E-state index contributed by atoms with van der Waals surface area (Å²) in [6.07, 6.45) is 1.60. The number of carbonyl (C=O) groups excluding carboxylic acids is 2. The number of aromatic hydroxyl groups is 1. The molecule has 0 radical (unpaired) electrons. The van der Waals surface area contributed by atoms with Crippen molar-refractivity contribution < 1.29 is 14.7 Å². The van der Waals surface area contributed by atoms with Crippen LogP contribution in [-0.4, -0.2) is 53.5 Å². The first kappa shape index (κ1) is 31.9. The lowest BCUT2D eigenvalue weighted by atomic mass is 9.67. The first-order valence-electron chi connectivity index (χ1n) is 13.0. The molecule has 5 N–H and O–H groups in total. The summed E-state index contributed by atoms with van der Waals surface area (Å²) in [6, 6.07) is 12.9. The topological polar surface area (TPSA) is 108 Å². The lowest BCUT2D eigenvalue weighted by molar-refractivity contribution is -0.124. The molecular formula is C29H42Cl2N4O3. The number of hydrogen-bond acceptors (Lipinski definition) is 5. The van der Waals surface area contributed by atoms with Gasteiger partial charge in [-0.2, -0.15) is 0 Å². The Morgan fingerprint density at radius 1 is 1.18 bits per heavy atom. The van der Waals surface area contributed by atoms with Crippen molar-refractivity contribution in [3.8, 4) is 5.75 Å². The Labute approximate surface area is 238 Å². The Hall–Kier alpha value is -2.32. The van der Waals surface area contributed by atoms with Gasteiger partial charge in [0.25, 0.3) is 0 Å². The summed E-state index contributed by atoms with van der Waals surface area (Å²) >= 11 is 0. The van der Waals surface area contributed by atoms with Crippen molar-refractivity contribution in [2.45, 2.75) is 64.6 Å². The third-order valence-electron chi connectivity index (χ3n) is 8.43. The molecule has 1 saturated heterocycles. The second kappa shape index (κ2) is 13.2. The molecule has 0 spiro atoms. The van der Waals surface area contributed by atoms with E-state index in [2.05, 4.69) is 49.3 Å². The van der Waals surface area contributed by atoms with Crippen molar-refractivity contribution in [2.75, 3.05) is 19.6 Å². The number of phenols is 1. The molecule has 0 unspecified atom stereocenters. The fourth-order valence-electron chi connectivity index (χ4n) is 5.61. The van der Waals surface area contributed by atoms with E-state index in [0.717, 1.165) is 42.7 Å². The Balaban J connectivity index is 0.00000253. The summed E-state index contributed by atoms with van der Waals surface area (Å²) in [5.74, 6) is 0.579. The number of halogens is 2. The van der Waals surface area contributed by atoms with E-state index in [-0.39, 0.29) is 54.0 Å². The minimum absolute atomic E-state index is 0. The average Bonchev–Trinajstić information content (AvgIpc) is 2.85. The van der Waals surface area contributed by atoms with E-state index in [1.165, 1.54) is 0 Å². The molecule has 38 heavy (non-hydrogen) atoms. The van der Waals surface area contributed by atoms with Crippen LogP contribution in [0.15, 0.2) is 42.5 Å². The van der Waals surface area contributed by atoms with Gasteiger partial charge in [0, 0.05) is 31.2 Å². The highest BCUT2D eigenvalue weighted by molar-refractivity contribution is 5.93. The zero-order chi connectivity index (χ0) is 26.0. The molecule has 0 saturated carbocycles. The van der Waals surface area contributed by atoms with Gasteiger partial charge in [0.2, 0.25) is 11.8 Å². The monoisotopic (exact) mass is 564 g/mol. The minimum atomic E-state index is -0.393. The molecule has 7 nitrogen and oxygen atoms in total. The Morgan fingerprint density at radius 3 is 2.58 bits per heavy atom. The maximum Gasteiger partial charge on any atom is 0.248 e. The second-order valence-electron chi connectivity index (χ2n) is 11.2. The number of piperidine rings is 1. The number of rotatable bonds is 7. The molecule has 210 valence electrons. The van der Waals surface area contributed by atoms with E-state index >= 15 is 0 Å². The van der Waals surface area contributed by atoms with Crippen LogP contribution in [-0.2, 0) is 23.2 Å². The normalized spacial score (nSPS) is 23.9. The van der Waals surface area contributed by atoms with Crippen LogP contribution in [0.25, 0.3) is 0 Å². The smallest absolute Gasteiger partial charge is 0.248 e. The molecule has 2 aromatic rings. The van der Waals surface area contributed by atoms with Crippen molar-refractivity contribution >= 4 is 36.6 Å². The summed E-state index contributed by atoms with van der Waals surface area (Å²) < 4.78 is 0. The Morgan fingerprint density at radius 2 is 1.92 bits per heavy atom. The van der Waals surface area contributed by atoms with Crippen LogP contribution < -0.4 is 16.4 Å². The van der Waals surface area contributed by atoms with Gasteiger partial charge in [-0.25, -0.2) is 0 Å². The third kappa shape index (κ3) is 7.00. The summed E-state index contributed by atoms with van der Waals surface area (Å²) in [4.78, 5) is 27.4. The molecule has 0 aliphatic carbocycles. The van der Waals surface area contributed by atoms with Gasteiger partial charge in [-0.15, -0.1) is 24.8 Å². The van der Waals surface area contributed by atoms with Crippen molar-refractivity contribution in [2.24, 2.45) is 17.6 Å². The average molecular weight is 566 g/mol. The maximum absolute atomic E-state index is 13.2. The largest absolute Gasteiger partial charge is 0.508 e. The Kier molecular flexibility index (Phi) is 11.0. The summed E-state index contributed by atoms with van der Waals surface area (Å²) in [5.41, 5.74) is 9.36. The molecule has 2 aromatic carbocycles. The quantitative estimate of drug-likeness (QED) is 0.409. The number of amides is 2. The standard InChI is InChI=1S/C29H40N4O3.2ClH/c1-18(2)26(32-28(36)25-14-20-8-9-24(34)13-22(20)15-31-25)17-33-11-10-29(4,19(3)16-33)23-7-5-6-21(12-23)27(30)35;;/h5-9,12-13,18-19,25-26,31,34H,10-11,14-17H2,1-4H3,(H2,30,35)(H,32,36);2*1H/t19-,25+,26+,29+;;/m0../s1. The molecular weight excluding hydrogens is 523 g/mol. The van der Waals surface area contributed by atoms with Crippen LogP contribution >= 0.6 is 24.8 Å². The molecule has 4 rings (SSSR count). The first-order chi connectivity index (χ1) is 17.1. The van der Waals surface area contributed by atoms with Crippen molar-refractivity contribution in [3.63, 3.8) is 0 Å². The highest BCUT2D eigenvalue weighted by atomic mass is 35.5. The Bertz CT molecular complexity index is 1130. The molecule has 9 heteroatoms. The van der Waals surface area contributed by atoms with Gasteiger partial charge in [0.05, 0.1) is 6.04 Å². The van der Waals surface area contributed by atoms with Crippen LogP contribution in [0, 0.1) is 11.8 Å². The number of likely N-dealkylation sites (tertiary alicyclic amines) is 1. The number of nitrogens with one attached hydrogen (secondary N) is 2. The van der Waals surface area contributed by atoms with Crippen LogP contribution in [0.5, 0.6) is 5.75 Å². The second-order valence-corrected chi connectivity index (χ2v) is 11.2. The number of primary amides is 1. The number of nitrogens with zero attached hydrogens (tertiary/aromatic N) is 1. The molecule has 1 fully saturated rings. The SMILES string of the molecule is CC(C)[C@@H](CN1CC[C@@](C)(c2cccc(C(N)=O)c2)[C@@H](C)C1)NC(=O)[C@H]1Cc2ccc(O)cc2CN1.Cl.Cl. The van der Waals surface area contributed by atoms with Gasteiger partial charge in [0.15, 0.2) is 0 Å². The van der Waals surface area contributed by atoms with Gasteiger partial charge >= 0.3 is 0 Å². The fourth-order valence-corrected chi connectivity index (χ4v) is 5.61. The lowest BCUT2D eigenvalue weighted by Crippen LogP contribution is -2.56. The fraction of sp³-hybridized carbons (Fsp3) is 0.517. The van der Waals surface area contributed by atoms with Crippen molar-refractivity contribution in [3.05, 3.63) is 64.7 Å². The van der Waals surface area contributed by atoms with Crippen LogP contribution in [0.3, 0.4) is 0 Å². The number of carbonyl (C=O) groups is 2. The van der Waals surface area contributed by atoms with E-state index in [0.29, 0.717) is 30.4 Å². The van der Waals surface area contributed by atoms with Gasteiger partial charge < -0.3 is 26.4 Å². The van der Waals surface area contributed by atoms with Crippen molar-refractivity contribution in [1.29, 1.82) is 0 Å². The van der Waals surface area contributed by atoms with Crippen LogP contribution in [0.4, 0.5) is 0 Å². The van der Waals surface area contributed by atoms with Gasteiger partial charge in [0.1, 0.15) is 5.75 Å². The van der Waals surface area contributed by atoms with Gasteiger partial charge in [-0.1, -0.05) is 45.9 Å². The first-order valence-corrected chi connectivity index (χ1v) is 13.0. The van der Waals surface area contributed by atoms with E-state index in [1.807, 2.05) is 18.2 Å². The summed E-state index contributed by atoms with van der Waals surface area (Å²) in [7, 11) is 0. The highest BCUT2D eigenvalue weighted by Crippen LogP contribution is 2.39. The molecule has 2 heterocycles.